The Balaban J connectivity index is 2.01. The van der Waals surface area contributed by atoms with Crippen molar-refractivity contribution in [3.05, 3.63) is 71.8 Å². The number of carbonyl (C=O) groups excluding carboxylic acids is 2. The van der Waals surface area contributed by atoms with Crippen molar-refractivity contribution < 1.29 is 19.4 Å². The van der Waals surface area contributed by atoms with Gasteiger partial charge in [-0.3, -0.25) is 9.59 Å². The molecule has 0 bridgehead atoms. The van der Waals surface area contributed by atoms with Crippen LogP contribution in [0.2, 0.25) is 0 Å². The minimum Gasteiger partial charge on any atom is -0.465 e. The zero-order valence-corrected chi connectivity index (χ0v) is 14.2. The van der Waals surface area contributed by atoms with E-state index in [0.717, 1.165) is 5.56 Å². The Morgan fingerprint density at radius 1 is 1.12 bits per heavy atom. The number of carbonyl (C=O) groups is 2. The molecule has 0 saturated heterocycles. The van der Waals surface area contributed by atoms with Gasteiger partial charge in [0.15, 0.2) is 5.78 Å². The lowest BCUT2D eigenvalue weighted by molar-refractivity contribution is -0.158. The predicted molar refractivity (Wildman–Crippen MR) is 93.9 cm³/mol. The van der Waals surface area contributed by atoms with E-state index in [2.05, 4.69) is 0 Å². The highest BCUT2D eigenvalue weighted by Crippen LogP contribution is 2.46. The number of benzene rings is 2. The van der Waals surface area contributed by atoms with Crippen LogP contribution in [0.25, 0.3) is 0 Å². The summed E-state index contributed by atoms with van der Waals surface area (Å²) in [4.78, 5) is 25.2. The Labute approximate surface area is 147 Å². The Morgan fingerprint density at radius 3 is 2.32 bits per heavy atom. The lowest BCUT2D eigenvalue weighted by Gasteiger charge is -2.40. The summed E-state index contributed by atoms with van der Waals surface area (Å²) in [5, 5.41) is 11.2. The minimum atomic E-state index is -1.28. The summed E-state index contributed by atoms with van der Waals surface area (Å²) < 4.78 is 5.14. The number of aliphatic hydroxyl groups is 1. The van der Waals surface area contributed by atoms with E-state index in [0.29, 0.717) is 12.0 Å². The molecule has 4 nitrogen and oxygen atoms in total. The Hall–Kier alpha value is -2.46. The summed E-state index contributed by atoms with van der Waals surface area (Å²) in [6.07, 6.45) is 0.222. The zero-order valence-electron chi connectivity index (χ0n) is 14.2. The second-order valence-electron chi connectivity index (χ2n) is 6.49. The van der Waals surface area contributed by atoms with Crippen LogP contribution < -0.4 is 0 Å². The fraction of sp³-hybridized carbons (Fsp3) is 0.333. The molecule has 0 spiro atoms. The molecule has 0 heterocycles. The number of hydrogen-bond acceptors (Lipinski definition) is 4. The molecule has 1 fully saturated rings. The third-order valence-corrected chi connectivity index (χ3v) is 4.85. The molecule has 1 aliphatic rings. The molecule has 1 saturated carbocycles. The van der Waals surface area contributed by atoms with Gasteiger partial charge < -0.3 is 9.84 Å². The van der Waals surface area contributed by atoms with E-state index < -0.39 is 23.4 Å². The van der Waals surface area contributed by atoms with Crippen LogP contribution in [0.15, 0.2) is 60.7 Å². The first kappa shape index (κ1) is 17.4. The third-order valence-electron chi connectivity index (χ3n) is 4.85. The van der Waals surface area contributed by atoms with Crippen LogP contribution in [0.4, 0.5) is 0 Å². The second-order valence-corrected chi connectivity index (χ2v) is 6.49. The number of ketones is 1. The Morgan fingerprint density at radius 2 is 1.72 bits per heavy atom. The van der Waals surface area contributed by atoms with E-state index in [4.69, 9.17) is 4.74 Å². The first-order valence-electron chi connectivity index (χ1n) is 8.57. The summed E-state index contributed by atoms with van der Waals surface area (Å²) >= 11 is 0. The molecule has 1 N–H and O–H groups in total. The summed E-state index contributed by atoms with van der Waals surface area (Å²) in [5.41, 5.74) is 0.288. The molecule has 0 aliphatic heterocycles. The molecule has 0 radical (unpaired) electrons. The number of esters is 1. The van der Waals surface area contributed by atoms with Gasteiger partial charge in [-0.2, -0.15) is 0 Å². The Kier molecular flexibility index (Phi) is 5.00. The zero-order chi connectivity index (χ0) is 17.9. The lowest BCUT2D eigenvalue weighted by Crippen LogP contribution is -2.45. The molecule has 2 aromatic carbocycles. The topological polar surface area (TPSA) is 63.6 Å². The van der Waals surface area contributed by atoms with Gasteiger partial charge in [0.1, 0.15) is 5.92 Å². The van der Waals surface area contributed by atoms with Gasteiger partial charge in [-0.15, -0.1) is 0 Å². The van der Waals surface area contributed by atoms with E-state index in [1.165, 1.54) is 0 Å². The van der Waals surface area contributed by atoms with Crippen molar-refractivity contribution in [2.75, 3.05) is 6.61 Å². The third kappa shape index (κ3) is 3.49. The number of ether oxygens (including phenoxy) is 1. The van der Waals surface area contributed by atoms with Crippen LogP contribution in [0, 0.1) is 5.92 Å². The predicted octanol–water partition coefficient (Wildman–Crippen LogP) is 3.20. The van der Waals surface area contributed by atoms with Gasteiger partial charge in [-0.25, -0.2) is 0 Å². The summed E-state index contributed by atoms with van der Waals surface area (Å²) in [5.74, 6) is -2.06. The highest BCUT2D eigenvalue weighted by atomic mass is 16.5. The average Bonchev–Trinajstić information content (AvgIpc) is 2.63. The summed E-state index contributed by atoms with van der Waals surface area (Å²) in [6, 6.07) is 18.6. The molecule has 0 unspecified atom stereocenters. The average molecular weight is 338 g/mol. The second kappa shape index (κ2) is 7.19. The normalized spacial score (nSPS) is 26.2. The van der Waals surface area contributed by atoms with Gasteiger partial charge in [-0.05, 0) is 24.5 Å². The smallest absolute Gasteiger partial charge is 0.317 e. The quantitative estimate of drug-likeness (QED) is 0.687. The first-order chi connectivity index (χ1) is 12.0. The fourth-order valence-corrected chi connectivity index (χ4v) is 3.68. The van der Waals surface area contributed by atoms with Gasteiger partial charge in [0.2, 0.25) is 0 Å². The molecule has 130 valence electrons. The van der Waals surface area contributed by atoms with Gasteiger partial charge in [0, 0.05) is 12.3 Å². The number of hydrogen-bond donors (Lipinski definition) is 1. The van der Waals surface area contributed by atoms with Crippen LogP contribution in [0.5, 0.6) is 0 Å². The van der Waals surface area contributed by atoms with E-state index in [1.54, 1.807) is 6.92 Å². The van der Waals surface area contributed by atoms with Crippen molar-refractivity contribution in [1.29, 1.82) is 0 Å². The van der Waals surface area contributed by atoms with Gasteiger partial charge in [0.05, 0.1) is 12.2 Å². The Bertz CT molecular complexity index is 741. The van der Waals surface area contributed by atoms with Crippen molar-refractivity contribution in [2.24, 2.45) is 5.92 Å². The molecule has 2 aromatic rings. The molecule has 25 heavy (non-hydrogen) atoms. The van der Waals surface area contributed by atoms with Crippen molar-refractivity contribution in [3.63, 3.8) is 0 Å². The molecular weight excluding hydrogens is 316 g/mol. The van der Waals surface area contributed by atoms with E-state index in [1.807, 2.05) is 60.7 Å². The SMILES string of the molecule is CCOC(=O)[C@@H]1C(=O)C[C@](O)(c2ccccc2)C[C@@H]1c1ccccc1. The lowest BCUT2D eigenvalue weighted by atomic mass is 9.66. The molecule has 0 aromatic heterocycles. The van der Waals surface area contributed by atoms with Crippen molar-refractivity contribution in [1.82, 2.24) is 0 Å². The van der Waals surface area contributed by atoms with E-state index in [9.17, 15) is 14.7 Å². The van der Waals surface area contributed by atoms with Gasteiger partial charge >= 0.3 is 5.97 Å². The molecule has 3 rings (SSSR count). The molecule has 0 amide bonds. The highest BCUT2D eigenvalue weighted by Gasteiger charge is 2.49. The monoisotopic (exact) mass is 338 g/mol. The molecular formula is C21H22O4. The molecule has 1 aliphatic carbocycles. The van der Waals surface area contributed by atoms with Gasteiger partial charge in [0.25, 0.3) is 0 Å². The van der Waals surface area contributed by atoms with Crippen LogP contribution in [-0.2, 0) is 19.9 Å². The van der Waals surface area contributed by atoms with Crippen LogP contribution >= 0.6 is 0 Å². The summed E-state index contributed by atoms with van der Waals surface area (Å²) in [6.45, 7) is 1.95. The van der Waals surface area contributed by atoms with Crippen LogP contribution in [-0.4, -0.2) is 23.5 Å². The summed E-state index contributed by atoms with van der Waals surface area (Å²) in [7, 11) is 0. The maximum absolute atomic E-state index is 12.8. The van der Waals surface area contributed by atoms with Crippen molar-refractivity contribution >= 4 is 11.8 Å². The van der Waals surface area contributed by atoms with Crippen LogP contribution in [0.1, 0.15) is 36.8 Å². The molecule has 3 atom stereocenters. The fourth-order valence-electron chi connectivity index (χ4n) is 3.68. The van der Waals surface area contributed by atoms with Gasteiger partial charge in [-0.1, -0.05) is 60.7 Å². The van der Waals surface area contributed by atoms with E-state index in [-0.39, 0.29) is 18.8 Å². The highest BCUT2D eigenvalue weighted by molar-refractivity contribution is 6.01. The van der Waals surface area contributed by atoms with Crippen molar-refractivity contribution in [2.45, 2.75) is 31.3 Å². The van der Waals surface area contributed by atoms with E-state index >= 15 is 0 Å². The maximum Gasteiger partial charge on any atom is 0.317 e. The number of rotatable bonds is 4. The van der Waals surface area contributed by atoms with Crippen molar-refractivity contribution in [3.8, 4) is 0 Å². The number of Topliss-reactive ketones (excluding diaryl/α,β-unsaturated/α-hetero) is 1. The largest absolute Gasteiger partial charge is 0.465 e. The molecule has 4 heteroatoms. The standard InChI is InChI=1S/C21H22O4/c1-2-25-20(23)19-17(15-9-5-3-6-10-15)13-21(24,14-18(19)22)16-11-7-4-8-12-16/h3-12,17,19,24H,2,13-14H2,1H3/t17-,19+,21+/m1/s1. The maximum atomic E-state index is 12.8. The first-order valence-corrected chi connectivity index (χ1v) is 8.57. The minimum absolute atomic E-state index is 0.0795. The van der Waals surface area contributed by atoms with Crippen LogP contribution in [0.3, 0.4) is 0 Å².